The van der Waals surface area contributed by atoms with E-state index in [1.807, 2.05) is 12.1 Å². The highest BCUT2D eigenvalue weighted by molar-refractivity contribution is 9.10. The molecule has 0 radical (unpaired) electrons. The molecule has 1 aromatic heterocycles. The zero-order valence-electron chi connectivity index (χ0n) is 11.2. The van der Waals surface area contributed by atoms with Gasteiger partial charge in [0.2, 0.25) is 0 Å². The number of carboxylic acid groups (broad SMARTS) is 1. The normalized spacial score (nSPS) is 14.3. The fourth-order valence-corrected chi connectivity index (χ4v) is 3.15. The zero-order chi connectivity index (χ0) is 14.8. The topological polar surface area (TPSA) is 68.0 Å². The second kappa shape index (κ2) is 6.19. The van der Waals surface area contributed by atoms with Gasteiger partial charge in [0, 0.05) is 16.9 Å². The smallest absolute Gasteiger partial charge is 0.313 e. The molecule has 0 bridgehead atoms. The van der Waals surface area contributed by atoms with Crippen molar-refractivity contribution in [1.82, 2.24) is 14.8 Å². The second-order valence-electron chi connectivity index (χ2n) is 4.99. The maximum absolute atomic E-state index is 10.7. The molecule has 0 aliphatic heterocycles. The van der Waals surface area contributed by atoms with Gasteiger partial charge in [-0.15, -0.1) is 10.2 Å². The lowest BCUT2D eigenvalue weighted by Crippen LogP contribution is -2.05. The highest BCUT2D eigenvalue weighted by atomic mass is 79.9. The Labute approximate surface area is 134 Å². The number of hydrogen-bond acceptors (Lipinski definition) is 4. The lowest BCUT2D eigenvalue weighted by Gasteiger charge is -2.08. The molecule has 0 amide bonds. The number of benzene rings is 1. The Morgan fingerprint density at radius 2 is 2.05 bits per heavy atom. The van der Waals surface area contributed by atoms with Crippen LogP contribution in [0.15, 0.2) is 33.9 Å². The highest BCUT2D eigenvalue weighted by Gasteiger charge is 2.29. The average molecular weight is 368 g/mol. The molecule has 0 unspecified atom stereocenters. The van der Waals surface area contributed by atoms with Crippen molar-refractivity contribution >= 4 is 33.7 Å². The van der Waals surface area contributed by atoms with E-state index in [0.29, 0.717) is 17.6 Å². The molecule has 1 saturated carbocycles. The van der Waals surface area contributed by atoms with Gasteiger partial charge < -0.3 is 9.67 Å². The molecule has 1 aromatic carbocycles. The first-order valence-electron chi connectivity index (χ1n) is 6.66. The van der Waals surface area contributed by atoms with Crippen LogP contribution in [-0.2, 0) is 11.2 Å². The van der Waals surface area contributed by atoms with E-state index in [9.17, 15) is 4.79 Å². The summed E-state index contributed by atoms with van der Waals surface area (Å²) in [5, 5.41) is 17.9. The third-order valence-electron chi connectivity index (χ3n) is 3.25. The summed E-state index contributed by atoms with van der Waals surface area (Å²) in [5.74, 6) is 0.0934. The Bertz CT molecular complexity index is 653. The van der Waals surface area contributed by atoms with E-state index in [-0.39, 0.29) is 5.75 Å². The van der Waals surface area contributed by atoms with Gasteiger partial charge >= 0.3 is 5.97 Å². The van der Waals surface area contributed by atoms with Gasteiger partial charge in [-0.3, -0.25) is 4.79 Å². The van der Waals surface area contributed by atoms with E-state index in [0.717, 1.165) is 23.1 Å². The largest absolute Gasteiger partial charge is 0.481 e. The molecule has 0 atom stereocenters. The van der Waals surface area contributed by atoms with Gasteiger partial charge in [-0.25, -0.2) is 0 Å². The minimum absolute atomic E-state index is 0.0170. The summed E-state index contributed by atoms with van der Waals surface area (Å²) in [4.78, 5) is 10.7. The molecular weight excluding hydrogens is 354 g/mol. The van der Waals surface area contributed by atoms with E-state index >= 15 is 0 Å². The number of aromatic nitrogens is 3. The Hall–Kier alpha value is -1.34. The number of aliphatic carboxylic acids is 1. The molecule has 110 valence electrons. The van der Waals surface area contributed by atoms with Crippen molar-refractivity contribution in [2.45, 2.75) is 30.5 Å². The zero-order valence-corrected chi connectivity index (χ0v) is 13.6. The van der Waals surface area contributed by atoms with Gasteiger partial charge in [0.25, 0.3) is 0 Å². The van der Waals surface area contributed by atoms with E-state index in [1.54, 1.807) is 0 Å². The van der Waals surface area contributed by atoms with Crippen molar-refractivity contribution in [3.05, 3.63) is 40.1 Å². The van der Waals surface area contributed by atoms with E-state index in [1.165, 1.54) is 17.3 Å². The minimum Gasteiger partial charge on any atom is -0.481 e. The summed E-state index contributed by atoms with van der Waals surface area (Å²) in [6, 6.07) is 8.56. The second-order valence-corrected chi connectivity index (χ2v) is 6.84. The van der Waals surface area contributed by atoms with Crippen molar-refractivity contribution in [3.63, 3.8) is 0 Å². The van der Waals surface area contributed by atoms with E-state index < -0.39 is 5.97 Å². The molecule has 1 fully saturated rings. The maximum Gasteiger partial charge on any atom is 0.313 e. The Morgan fingerprint density at radius 1 is 1.33 bits per heavy atom. The molecule has 5 nitrogen and oxygen atoms in total. The van der Waals surface area contributed by atoms with Crippen LogP contribution < -0.4 is 0 Å². The number of nitrogens with zero attached hydrogens (tertiary/aromatic N) is 3. The number of carboxylic acids is 1. The first kappa shape index (κ1) is 14.6. The molecular formula is C14H14BrN3O2S. The number of halogens is 1. The lowest BCUT2D eigenvalue weighted by molar-refractivity contribution is -0.133. The van der Waals surface area contributed by atoms with Crippen LogP contribution in [0.25, 0.3) is 0 Å². The van der Waals surface area contributed by atoms with Crippen molar-refractivity contribution in [2.75, 3.05) is 5.75 Å². The Morgan fingerprint density at radius 3 is 2.67 bits per heavy atom. The Kier molecular flexibility index (Phi) is 4.30. The van der Waals surface area contributed by atoms with Gasteiger partial charge in [-0.2, -0.15) is 0 Å². The molecule has 0 spiro atoms. The summed E-state index contributed by atoms with van der Waals surface area (Å²) >= 11 is 4.66. The van der Waals surface area contributed by atoms with Crippen molar-refractivity contribution < 1.29 is 9.90 Å². The van der Waals surface area contributed by atoms with Crippen molar-refractivity contribution in [1.29, 1.82) is 0 Å². The molecule has 3 rings (SSSR count). The molecule has 7 heteroatoms. The SMILES string of the molecule is O=C(O)CSc1nnc(Cc2ccc(Br)cc2)n1C1CC1. The van der Waals surface area contributed by atoms with Gasteiger partial charge in [0.1, 0.15) is 5.82 Å². The van der Waals surface area contributed by atoms with Crippen LogP contribution in [0.2, 0.25) is 0 Å². The monoisotopic (exact) mass is 367 g/mol. The van der Waals surface area contributed by atoms with Crippen LogP contribution in [0.3, 0.4) is 0 Å². The standard InChI is InChI=1S/C14H14BrN3O2S/c15-10-3-1-9(2-4-10)7-12-16-17-14(21-8-13(19)20)18(12)11-5-6-11/h1-4,11H,5-8H2,(H,19,20). The molecule has 1 heterocycles. The van der Waals surface area contributed by atoms with E-state index in [4.69, 9.17) is 5.11 Å². The lowest BCUT2D eigenvalue weighted by atomic mass is 10.1. The van der Waals surface area contributed by atoms with Crippen LogP contribution in [0.1, 0.15) is 30.3 Å². The minimum atomic E-state index is -0.834. The molecule has 1 aliphatic rings. The first-order chi connectivity index (χ1) is 10.1. The van der Waals surface area contributed by atoms with Gasteiger partial charge in [0.05, 0.1) is 5.75 Å². The van der Waals surface area contributed by atoms with Crippen molar-refractivity contribution in [3.8, 4) is 0 Å². The molecule has 1 N–H and O–H groups in total. The quantitative estimate of drug-likeness (QED) is 0.794. The summed E-state index contributed by atoms with van der Waals surface area (Å²) < 4.78 is 3.16. The van der Waals surface area contributed by atoms with Crippen LogP contribution in [0, 0.1) is 0 Å². The number of hydrogen-bond donors (Lipinski definition) is 1. The fourth-order valence-electron chi connectivity index (χ4n) is 2.14. The average Bonchev–Trinajstić information content (AvgIpc) is 3.21. The molecule has 1 aliphatic carbocycles. The van der Waals surface area contributed by atoms with Crippen LogP contribution in [-0.4, -0.2) is 31.6 Å². The van der Waals surface area contributed by atoms with Gasteiger partial charge in [-0.1, -0.05) is 39.8 Å². The molecule has 2 aromatic rings. The van der Waals surface area contributed by atoms with Crippen LogP contribution >= 0.6 is 27.7 Å². The third kappa shape index (κ3) is 3.65. The summed E-state index contributed by atoms with van der Waals surface area (Å²) in [5.41, 5.74) is 1.17. The maximum atomic E-state index is 10.7. The number of thioether (sulfide) groups is 1. The Balaban J connectivity index is 1.81. The van der Waals surface area contributed by atoms with Gasteiger partial charge in [0.15, 0.2) is 5.16 Å². The number of carbonyl (C=O) groups is 1. The summed E-state index contributed by atoms with van der Waals surface area (Å²) in [6.45, 7) is 0. The van der Waals surface area contributed by atoms with E-state index in [2.05, 4.69) is 42.8 Å². The predicted octanol–water partition coefficient (Wildman–Crippen LogP) is 3.14. The van der Waals surface area contributed by atoms with Gasteiger partial charge in [-0.05, 0) is 30.5 Å². The van der Waals surface area contributed by atoms with Crippen LogP contribution in [0.5, 0.6) is 0 Å². The first-order valence-corrected chi connectivity index (χ1v) is 8.44. The molecule has 21 heavy (non-hydrogen) atoms. The fraction of sp³-hybridized carbons (Fsp3) is 0.357. The molecule has 0 saturated heterocycles. The summed E-state index contributed by atoms with van der Waals surface area (Å²) in [6.07, 6.45) is 2.95. The summed E-state index contributed by atoms with van der Waals surface area (Å²) in [7, 11) is 0. The third-order valence-corrected chi connectivity index (χ3v) is 4.70. The number of rotatable bonds is 6. The predicted molar refractivity (Wildman–Crippen MR) is 83.6 cm³/mol. The van der Waals surface area contributed by atoms with Crippen LogP contribution in [0.4, 0.5) is 0 Å². The highest BCUT2D eigenvalue weighted by Crippen LogP contribution is 2.39. The van der Waals surface area contributed by atoms with Crippen molar-refractivity contribution in [2.24, 2.45) is 0 Å².